The van der Waals surface area contributed by atoms with Crippen molar-refractivity contribution in [1.82, 2.24) is 37.5 Å². The molecular formula is C109H80N8O4P4. The second kappa shape index (κ2) is 28.6. The van der Waals surface area contributed by atoms with Gasteiger partial charge in [-0.15, -0.1) is 0 Å². The molecule has 0 bridgehead atoms. The third-order valence-corrected chi connectivity index (χ3v) is 32.6. The molecule has 0 aliphatic carbocycles. The minimum atomic E-state index is -2.84. The van der Waals surface area contributed by atoms with E-state index >= 15 is 0 Å². The van der Waals surface area contributed by atoms with Crippen molar-refractivity contribution in [2.45, 2.75) is 0 Å². The fourth-order valence-corrected chi connectivity index (χ4v) is 24.0. The molecule has 8 heterocycles. The molecule has 0 amide bonds. The molecule has 1 atom stereocenters. The average molecular weight is 1690 g/mol. The fraction of sp³-hybridized carbons (Fsp3) is 0.0642. The molecule has 18 aromatic carbocycles. The highest BCUT2D eigenvalue weighted by atomic mass is 31.2. The number of hydrogen-bond acceptors (Lipinski definition) is 8. The van der Waals surface area contributed by atoms with E-state index in [9.17, 15) is 18.3 Å². The van der Waals surface area contributed by atoms with E-state index in [1.165, 1.54) is 64.6 Å². The van der Waals surface area contributed by atoms with Crippen molar-refractivity contribution in [3.8, 4) is 0 Å². The molecule has 0 saturated carbocycles. The fourth-order valence-electron chi connectivity index (χ4n) is 19.3. The van der Waals surface area contributed by atoms with Crippen molar-refractivity contribution in [3.63, 3.8) is 0 Å². The molecule has 600 valence electrons. The molecule has 0 saturated heterocycles. The van der Waals surface area contributed by atoms with Crippen LogP contribution in [-0.4, -0.2) is 84.2 Å². The lowest BCUT2D eigenvalue weighted by Crippen LogP contribution is -2.16. The summed E-state index contributed by atoms with van der Waals surface area (Å²) in [5, 5.41) is 30.1. The third kappa shape index (κ3) is 12.2. The quantitative estimate of drug-likeness (QED) is 0.0943. The van der Waals surface area contributed by atoms with Crippen LogP contribution in [0.3, 0.4) is 0 Å². The zero-order chi connectivity index (χ0) is 84.7. The molecule has 0 aliphatic heterocycles. The summed E-state index contributed by atoms with van der Waals surface area (Å²) in [6.07, 6.45) is 0. The van der Waals surface area contributed by atoms with Crippen molar-refractivity contribution in [1.29, 1.82) is 0 Å². The Morgan fingerprint density at radius 2 is 0.568 bits per heavy atom. The van der Waals surface area contributed by atoms with Crippen LogP contribution in [0.25, 0.3) is 207 Å². The molecular weight excluding hydrogens is 1610 g/mol. The summed E-state index contributed by atoms with van der Waals surface area (Å²) in [6.45, 7) is 12.8. The SMILES string of the molecule is CP(=O)(c1ccc2c(c1)c1ccccc1c1nc3ccccc3n21)c1cccc2ccccc12.CP(C)(=O)c1ccc2c3ccccc3c3nc4c5ccccc5ccc4n3c2c1.CP(C)(=O)c1ccc2nc3c4c5ccccc5ccc4c4c5ccccc5ccc4n3c2c1.CP(C)(=O)c1ccc2nc3c4ccccc4c4cc5ccccc5cc4n3c2c1. The second-order valence-corrected chi connectivity index (χ2v) is 46.7. The van der Waals surface area contributed by atoms with Gasteiger partial charge in [0, 0.05) is 75.0 Å². The van der Waals surface area contributed by atoms with Gasteiger partial charge in [0.15, 0.2) is 0 Å². The lowest BCUT2D eigenvalue weighted by atomic mass is 9.96. The zero-order valence-electron chi connectivity index (χ0n) is 69.6. The Morgan fingerprint density at radius 3 is 1.16 bits per heavy atom. The number of nitrogens with zero attached hydrogens (tertiary/aromatic N) is 8. The van der Waals surface area contributed by atoms with Crippen LogP contribution in [0.4, 0.5) is 0 Å². The second-order valence-electron chi connectivity index (χ2n) is 34.2. The van der Waals surface area contributed by atoms with Crippen molar-refractivity contribution in [3.05, 3.63) is 358 Å². The minimum absolute atomic E-state index is 0.866. The van der Waals surface area contributed by atoms with E-state index in [0.29, 0.717) is 0 Å². The Morgan fingerprint density at radius 1 is 0.200 bits per heavy atom. The maximum Gasteiger partial charge on any atom is 0.147 e. The summed E-state index contributed by atoms with van der Waals surface area (Å²) in [5.41, 5.74) is 16.1. The summed E-state index contributed by atoms with van der Waals surface area (Å²) < 4.78 is 61.9. The number of pyridine rings is 4. The standard InChI is InChI=1S/C30H21N2OP.C29H21N2OP.2C25H19N2OP/c1-34(33,29-16-8-10-20-9-2-3-11-22(20)29)21-17-18-27-25(19-21)23-12-4-5-13-24(23)30-31-26-14-6-7-15-28(26)32(27)30;1-33(2,32)20-13-15-24-26(17-20)31-25-16-12-19-8-3-5-9-21(19)27(25)23-14-11-18-7-4-6-10-22(18)28(23)29(31)30-24;1-29(2,28)17-12-13-20-19-9-5-6-10-21(19)25-26-24-18-8-4-3-7-16(18)11-14-22(24)27(25)23(20)15-17;1-29(2,28)18-11-12-22-24(15-18)27-23-14-17-8-4-3-7-16(17)13-21(23)19-9-5-6-10-20(19)25(27)26-22/h2-19H,1H3;3-17H,1-2H3;2*3-15H,1-2H3. The van der Waals surface area contributed by atoms with Gasteiger partial charge in [0.05, 0.1) is 66.2 Å². The molecule has 0 radical (unpaired) electrons. The number of imidazole rings is 4. The number of rotatable bonds is 5. The maximum absolute atomic E-state index is 14.4. The number of aromatic nitrogens is 8. The summed E-state index contributed by atoms with van der Waals surface area (Å²) >= 11 is 0. The Kier molecular flexibility index (Phi) is 17.4. The number of para-hydroxylation sites is 2. The van der Waals surface area contributed by atoms with Crippen molar-refractivity contribution < 1.29 is 18.3 Å². The first-order valence-corrected chi connectivity index (χ1v) is 51.9. The third-order valence-electron chi connectivity index (χ3n) is 25.5. The first-order chi connectivity index (χ1) is 60.7. The van der Waals surface area contributed by atoms with Gasteiger partial charge in [0.1, 0.15) is 51.2 Å². The van der Waals surface area contributed by atoms with Crippen LogP contribution in [0.5, 0.6) is 0 Å². The van der Waals surface area contributed by atoms with Gasteiger partial charge in [-0.2, -0.15) is 0 Å². The van der Waals surface area contributed by atoms with E-state index in [4.69, 9.17) is 19.9 Å². The van der Waals surface area contributed by atoms with E-state index in [0.717, 1.165) is 169 Å². The summed E-state index contributed by atoms with van der Waals surface area (Å²) in [6, 6.07) is 124. The van der Waals surface area contributed by atoms with E-state index in [-0.39, 0.29) is 0 Å². The van der Waals surface area contributed by atoms with E-state index in [1.807, 2.05) is 119 Å². The monoisotopic (exact) mass is 1690 g/mol. The molecule has 16 heteroatoms. The number of benzene rings is 18. The van der Waals surface area contributed by atoms with E-state index in [2.05, 4.69) is 303 Å². The van der Waals surface area contributed by atoms with Gasteiger partial charge in [0.25, 0.3) is 0 Å². The molecule has 1 unspecified atom stereocenters. The van der Waals surface area contributed by atoms with Crippen LogP contribution < -0.4 is 26.5 Å². The highest BCUT2D eigenvalue weighted by Gasteiger charge is 2.28. The first-order valence-electron chi connectivity index (χ1n) is 42.0. The molecule has 0 spiro atoms. The number of fused-ring (bicyclic) bond motifs is 40. The summed E-state index contributed by atoms with van der Waals surface area (Å²) in [4.78, 5) is 20.2. The van der Waals surface area contributed by atoms with Gasteiger partial charge in [-0.05, 0) is 214 Å². The molecule has 0 N–H and O–H groups in total. The molecule has 0 aliphatic rings. The molecule has 12 nitrogen and oxygen atoms in total. The zero-order valence-corrected chi connectivity index (χ0v) is 73.1. The molecule has 125 heavy (non-hydrogen) atoms. The van der Waals surface area contributed by atoms with Crippen molar-refractivity contribution in [2.75, 3.05) is 46.7 Å². The summed E-state index contributed by atoms with van der Waals surface area (Å²) in [7, 11) is -9.99. The largest absolute Gasteiger partial charge is 0.319 e. The number of hydrogen-bond donors (Lipinski definition) is 0. The Balaban J connectivity index is 0.0000000963. The first kappa shape index (κ1) is 76.0. The van der Waals surface area contributed by atoms with Crippen LogP contribution in [0.2, 0.25) is 0 Å². The normalized spacial score (nSPS) is 13.0. The lowest BCUT2D eigenvalue weighted by molar-refractivity contribution is 0.587. The molecule has 8 aromatic heterocycles. The minimum Gasteiger partial charge on any atom is -0.319 e. The van der Waals surface area contributed by atoms with Gasteiger partial charge >= 0.3 is 0 Å². The van der Waals surface area contributed by atoms with E-state index in [1.54, 1.807) is 0 Å². The molecule has 26 rings (SSSR count). The summed E-state index contributed by atoms with van der Waals surface area (Å²) in [5.74, 6) is 0. The van der Waals surface area contributed by atoms with Crippen molar-refractivity contribution >= 4 is 262 Å². The average Bonchev–Trinajstić information content (AvgIpc) is 1.62. The van der Waals surface area contributed by atoms with Gasteiger partial charge in [-0.1, -0.05) is 261 Å². The topological polar surface area (TPSA) is 137 Å². The van der Waals surface area contributed by atoms with E-state index < -0.39 is 28.6 Å². The van der Waals surface area contributed by atoms with Crippen LogP contribution in [0.15, 0.2) is 358 Å². The van der Waals surface area contributed by atoms with Gasteiger partial charge in [-0.3, -0.25) is 17.6 Å². The lowest BCUT2D eigenvalue weighted by Gasteiger charge is -2.18. The Hall–Kier alpha value is -13.9. The van der Waals surface area contributed by atoms with Gasteiger partial charge in [0.2, 0.25) is 0 Å². The van der Waals surface area contributed by atoms with Gasteiger partial charge < -0.3 is 18.3 Å². The van der Waals surface area contributed by atoms with Crippen molar-refractivity contribution in [2.24, 2.45) is 0 Å². The highest BCUT2D eigenvalue weighted by molar-refractivity contribution is 7.78. The molecule has 26 aromatic rings. The van der Waals surface area contributed by atoms with Crippen LogP contribution in [0, 0.1) is 0 Å². The Labute approximate surface area is 717 Å². The van der Waals surface area contributed by atoms with Crippen LogP contribution >= 0.6 is 28.6 Å². The van der Waals surface area contributed by atoms with Gasteiger partial charge in [-0.25, -0.2) is 19.9 Å². The molecule has 0 fully saturated rings. The Bertz CT molecular complexity index is 9410. The smallest absolute Gasteiger partial charge is 0.147 e. The highest BCUT2D eigenvalue weighted by Crippen LogP contribution is 2.47. The van der Waals surface area contributed by atoms with Crippen LogP contribution in [0.1, 0.15) is 0 Å². The predicted octanol–water partition coefficient (Wildman–Crippen LogP) is 26.6. The predicted molar refractivity (Wildman–Crippen MR) is 535 cm³/mol. The maximum atomic E-state index is 14.4. The van der Waals surface area contributed by atoms with Crippen LogP contribution in [-0.2, 0) is 18.3 Å².